The lowest BCUT2D eigenvalue weighted by Crippen LogP contribution is -2.55. The number of benzene rings is 1. The van der Waals surface area contributed by atoms with E-state index in [0.29, 0.717) is 6.42 Å². The van der Waals surface area contributed by atoms with Crippen LogP contribution < -0.4 is 21.7 Å². The fourth-order valence-corrected chi connectivity index (χ4v) is 3.59. The molecule has 36 heavy (non-hydrogen) atoms. The van der Waals surface area contributed by atoms with Crippen molar-refractivity contribution in [1.29, 1.82) is 0 Å². The third-order valence-corrected chi connectivity index (χ3v) is 5.86. The highest BCUT2D eigenvalue weighted by Gasteiger charge is 2.31. The number of carbonyl (C=O) groups excluding carboxylic acids is 4. The second kappa shape index (κ2) is 15.2. The summed E-state index contributed by atoms with van der Waals surface area (Å²) in [5.41, 5.74) is 6.58. The van der Waals surface area contributed by atoms with Crippen LogP contribution in [-0.4, -0.2) is 66.2 Å². The Morgan fingerprint density at radius 1 is 0.889 bits per heavy atom. The first kappa shape index (κ1) is 31.1. The summed E-state index contributed by atoms with van der Waals surface area (Å²) < 4.78 is 4.76. The Hall–Kier alpha value is -2.98. The lowest BCUT2D eigenvalue weighted by molar-refractivity contribution is -0.146. The molecule has 0 saturated heterocycles. The van der Waals surface area contributed by atoms with E-state index in [-0.39, 0.29) is 24.7 Å². The molecule has 0 aliphatic heterocycles. The first-order chi connectivity index (χ1) is 16.9. The number of nitrogens with one attached hydrogen (secondary N) is 3. The van der Waals surface area contributed by atoms with E-state index in [1.807, 2.05) is 30.3 Å². The zero-order valence-corrected chi connectivity index (χ0v) is 22.1. The Labute approximate surface area is 213 Å². The number of aliphatic hydroxyl groups excluding tert-OH is 1. The molecular formula is C26H42N4O6. The van der Waals surface area contributed by atoms with Crippen LogP contribution in [0.5, 0.6) is 0 Å². The molecular weight excluding hydrogens is 464 g/mol. The summed E-state index contributed by atoms with van der Waals surface area (Å²) >= 11 is 0. The second-order valence-corrected chi connectivity index (χ2v) is 9.74. The molecule has 1 aromatic rings. The number of esters is 1. The largest absolute Gasteiger partial charge is 0.467 e. The van der Waals surface area contributed by atoms with Crippen molar-refractivity contribution in [2.75, 3.05) is 7.11 Å². The number of hydrogen-bond acceptors (Lipinski definition) is 7. The summed E-state index contributed by atoms with van der Waals surface area (Å²) in [6, 6.07) is 6.26. The average molecular weight is 507 g/mol. The molecule has 5 atom stereocenters. The van der Waals surface area contributed by atoms with E-state index in [4.69, 9.17) is 10.5 Å². The summed E-state index contributed by atoms with van der Waals surface area (Å²) in [7, 11) is 1.25. The SMILES string of the molecule is COC(=O)[C@@H](NC(=O)[C@@H](NC(=O)CCC(O)C(Cc1ccccc1)NC(=O)[C@H](C)N)C(C)C)C(C)C. The van der Waals surface area contributed by atoms with Crippen molar-refractivity contribution >= 4 is 23.7 Å². The molecule has 202 valence electrons. The van der Waals surface area contributed by atoms with Gasteiger partial charge < -0.3 is 31.5 Å². The normalized spacial score (nSPS) is 15.4. The topological polar surface area (TPSA) is 160 Å². The van der Waals surface area contributed by atoms with Gasteiger partial charge in [-0.2, -0.15) is 0 Å². The molecule has 3 amide bonds. The van der Waals surface area contributed by atoms with Crippen molar-refractivity contribution in [3.8, 4) is 0 Å². The van der Waals surface area contributed by atoms with Gasteiger partial charge in [0.05, 0.1) is 25.3 Å². The lowest BCUT2D eigenvalue weighted by atomic mass is 9.97. The van der Waals surface area contributed by atoms with Gasteiger partial charge in [0, 0.05) is 6.42 Å². The van der Waals surface area contributed by atoms with Crippen LogP contribution in [0.2, 0.25) is 0 Å². The number of methoxy groups -OCH3 is 1. The number of carbonyl (C=O) groups is 4. The highest BCUT2D eigenvalue weighted by Crippen LogP contribution is 2.12. The van der Waals surface area contributed by atoms with Crippen molar-refractivity contribution in [2.45, 2.75) is 84.2 Å². The Kier molecular flexibility index (Phi) is 13.1. The van der Waals surface area contributed by atoms with Gasteiger partial charge in [0.2, 0.25) is 17.7 Å². The molecule has 2 unspecified atom stereocenters. The van der Waals surface area contributed by atoms with E-state index in [1.165, 1.54) is 7.11 Å². The Bertz CT molecular complexity index is 859. The summed E-state index contributed by atoms with van der Waals surface area (Å²) in [5.74, 6) is -2.34. The molecule has 1 aromatic carbocycles. The minimum Gasteiger partial charge on any atom is -0.467 e. The molecule has 10 heteroatoms. The van der Waals surface area contributed by atoms with Crippen LogP contribution in [0.1, 0.15) is 53.0 Å². The molecule has 0 heterocycles. The van der Waals surface area contributed by atoms with E-state index >= 15 is 0 Å². The molecule has 1 rings (SSSR count). The Balaban J connectivity index is 2.81. The van der Waals surface area contributed by atoms with Crippen LogP contribution >= 0.6 is 0 Å². The van der Waals surface area contributed by atoms with Gasteiger partial charge in [-0.1, -0.05) is 58.0 Å². The number of amides is 3. The molecule has 10 nitrogen and oxygen atoms in total. The first-order valence-corrected chi connectivity index (χ1v) is 12.3. The van der Waals surface area contributed by atoms with Crippen LogP contribution in [0.25, 0.3) is 0 Å². The molecule has 0 saturated carbocycles. The monoisotopic (exact) mass is 506 g/mol. The second-order valence-electron chi connectivity index (χ2n) is 9.74. The van der Waals surface area contributed by atoms with Crippen molar-refractivity contribution in [1.82, 2.24) is 16.0 Å². The van der Waals surface area contributed by atoms with Crippen LogP contribution in [0, 0.1) is 11.8 Å². The van der Waals surface area contributed by atoms with Gasteiger partial charge in [0.25, 0.3) is 0 Å². The quantitative estimate of drug-likeness (QED) is 0.232. The fourth-order valence-electron chi connectivity index (χ4n) is 3.59. The predicted octanol–water partition coefficient (Wildman–Crippen LogP) is 0.657. The zero-order valence-electron chi connectivity index (χ0n) is 22.1. The number of rotatable bonds is 14. The van der Waals surface area contributed by atoms with Gasteiger partial charge in [-0.05, 0) is 37.2 Å². The highest BCUT2D eigenvalue weighted by molar-refractivity contribution is 5.91. The van der Waals surface area contributed by atoms with Crippen molar-refractivity contribution in [2.24, 2.45) is 17.6 Å². The van der Waals surface area contributed by atoms with E-state index in [1.54, 1.807) is 34.6 Å². The standard InChI is InChI=1S/C26H42N4O6/c1-15(2)22(25(34)30-23(16(3)4)26(35)36-6)29-21(32)13-12-20(31)19(28-24(33)17(5)27)14-18-10-8-7-9-11-18/h7-11,15-17,19-20,22-23,31H,12-14,27H2,1-6H3,(H,28,33)(H,29,32)(H,30,34)/t17-,19?,20?,22-,23-/m0/s1. The van der Waals surface area contributed by atoms with Crippen LogP contribution in [0.3, 0.4) is 0 Å². The summed E-state index contributed by atoms with van der Waals surface area (Å²) in [6.07, 6.45) is -0.661. The van der Waals surface area contributed by atoms with Gasteiger partial charge in [-0.3, -0.25) is 14.4 Å². The average Bonchev–Trinajstić information content (AvgIpc) is 2.83. The van der Waals surface area contributed by atoms with Crippen molar-refractivity contribution in [3.63, 3.8) is 0 Å². The van der Waals surface area contributed by atoms with Gasteiger partial charge >= 0.3 is 5.97 Å². The van der Waals surface area contributed by atoms with E-state index in [0.717, 1.165) is 5.56 Å². The third kappa shape index (κ3) is 10.3. The molecule has 0 aliphatic carbocycles. The highest BCUT2D eigenvalue weighted by atomic mass is 16.5. The number of nitrogens with two attached hydrogens (primary N) is 1. The van der Waals surface area contributed by atoms with E-state index < -0.39 is 54.0 Å². The minimum atomic E-state index is -1.02. The summed E-state index contributed by atoms with van der Waals surface area (Å²) in [5, 5.41) is 18.9. The molecule has 0 radical (unpaired) electrons. The third-order valence-electron chi connectivity index (χ3n) is 5.86. The van der Waals surface area contributed by atoms with Gasteiger partial charge in [-0.25, -0.2) is 4.79 Å². The minimum absolute atomic E-state index is 0.0613. The molecule has 0 spiro atoms. The fraction of sp³-hybridized carbons (Fsp3) is 0.615. The van der Waals surface area contributed by atoms with E-state index in [2.05, 4.69) is 16.0 Å². The number of hydrogen-bond donors (Lipinski definition) is 5. The van der Waals surface area contributed by atoms with Gasteiger partial charge in [0.1, 0.15) is 12.1 Å². The van der Waals surface area contributed by atoms with Gasteiger partial charge in [0.15, 0.2) is 0 Å². The lowest BCUT2D eigenvalue weighted by Gasteiger charge is -2.27. The summed E-state index contributed by atoms with van der Waals surface area (Å²) in [4.78, 5) is 49.7. The van der Waals surface area contributed by atoms with Crippen LogP contribution in [0.15, 0.2) is 30.3 Å². The number of ether oxygens (including phenoxy) is 1. The Morgan fingerprint density at radius 3 is 1.97 bits per heavy atom. The maximum atomic E-state index is 12.8. The zero-order chi connectivity index (χ0) is 27.4. The van der Waals surface area contributed by atoms with E-state index in [9.17, 15) is 24.3 Å². The smallest absolute Gasteiger partial charge is 0.328 e. The van der Waals surface area contributed by atoms with Crippen LogP contribution in [0.4, 0.5) is 0 Å². The maximum absolute atomic E-state index is 12.8. The molecule has 0 bridgehead atoms. The number of aliphatic hydroxyl groups is 1. The van der Waals surface area contributed by atoms with Crippen LogP contribution in [-0.2, 0) is 30.3 Å². The van der Waals surface area contributed by atoms with Crippen molar-refractivity contribution < 1.29 is 29.0 Å². The molecule has 0 aromatic heterocycles. The first-order valence-electron chi connectivity index (χ1n) is 12.3. The maximum Gasteiger partial charge on any atom is 0.328 e. The molecule has 0 aliphatic rings. The summed E-state index contributed by atoms with van der Waals surface area (Å²) in [6.45, 7) is 8.67. The Morgan fingerprint density at radius 2 is 1.47 bits per heavy atom. The molecule has 0 fully saturated rings. The molecule has 6 N–H and O–H groups in total. The predicted molar refractivity (Wildman–Crippen MR) is 137 cm³/mol. The van der Waals surface area contributed by atoms with Crippen molar-refractivity contribution in [3.05, 3.63) is 35.9 Å². The van der Waals surface area contributed by atoms with Gasteiger partial charge in [-0.15, -0.1) is 0 Å².